The third kappa shape index (κ3) is 4.15. The molecule has 1 aliphatic heterocycles. The number of nitrogens with zero attached hydrogens (tertiary/aromatic N) is 4. The molecule has 1 aromatic heterocycles. The molecule has 0 aliphatic carbocycles. The average Bonchev–Trinajstić information content (AvgIpc) is 3.07. The Morgan fingerprint density at radius 2 is 1.93 bits per heavy atom. The van der Waals surface area contributed by atoms with Crippen LogP contribution in [0.15, 0.2) is 24.3 Å². The summed E-state index contributed by atoms with van der Waals surface area (Å²) in [6, 6.07) is 6.24. The van der Waals surface area contributed by atoms with Crippen LogP contribution >= 0.6 is 0 Å². The molecule has 0 saturated carbocycles. The molecule has 27 heavy (non-hydrogen) atoms. The number of carbonyl (C=O) groups is 2. The predicted molar refractivity (Wildman–Crippen MR) is 96.3 cm³/mol. The molecule has 7 nitrogen and oxygen atoms in total. The Morgan fingerprint density at radius 3 is 2.52 bits per heavy atom. The van der Waals surface area contributed by atoms with Crippen molar-refractivity contribution in [2.75, 3.05) is 13.1 Å². The first kappa shape index (κ1) is 19.0. The zero-order chi connectivity index (χ0) is 19.6. The van der Waals surface area contributed by atoms with E-state index in [0.717, 1.165) is 0 Å². The normalized spacial score (nSPS) is 15.3. The maximum Gasteiger partial charge on any atom is 0.303 e. The Morgan fingerprint density at radius 1 is 1.26 bits per heavy atom. The van der Waals surface area contributed by atoms with E-state index in [1.165, 1.54) is 10.7 Å². The number of amides is 1. The molecule has 3 rings (SSSR count). The highest BCUT2D eigenvalue weighted by molar-refractivity contribution is 5.90. The number of carboxylic acid groups (broad SMARTS) is 1. The van der Waals surface area contributed by atoms with Crippen LogP contribution in [0.1, 0.15) is 55.5 Å². The smallest absolute Gasteiger partial charge is 0.303 e. The van der Waals surface area contributed by atoms with Gasteiger partial charge in [-0.3, -0.25) is 9.59 Å². The van der Waals surface area contributed by atoms with Crippen molar-refractivity contribution in [2.24, 2.45) is 5.92 Å². The number of piperidine rings is 1. The van der Waals surface area contributed by atoms with Crippen molar-refractivity contribution in [1.82, 2.24) is 19.7 Å². The van der Waals surface area contributed by atoms with Crippen molar-refractivity contribution in [3.63, 3.8) is 0 Å². The lowest BCUT2D eigenvalue weighted by Gasteiger charge is -2.30. The molecular weight excluding hydrogens is 351 g/mol. The van der Waals surface area contributed by atoms with Crippen LogP contribution < -0.4 is 0 Å². The lowest BCUT2D eigenvalue weighted by Crippen LogP contribution is -2.39. The molecule has 0 radical (unpaired) electrons. The van der Waals surface area contributed by atoms with Crippen molar-refractivity contribution >= 4 is 11.9 Å². The zero-order valence-corrected chi connectivity index (χ0v) is 15.4. The molecule has 0 spiro atoms. The molecule has 1 aromatic carbocycles. The molecule has 2 heterocycles. The second-order valence-corrected chi connectivity index (χ2v) is 7.14. The minimum Gasteiger partial charge on any atom is -0.481 e. The first-order chi connectivity index (χ1) is 12.9. The molecule has 0 atom stereocenters. The van der Waals surface area contributed by atoms with Gasteiger partial charge in [0, 0.05) is 25.4 Å². The molecule has 2 aromatic rings. The molecule has 1 N–H and O–H groups in total. The summed E-state index contributed by atoms with van der Waals surface area (Å²) < 4.78 is 15.6. The monoisotopic (exact) mass is 374 g/mol. The summed E-state index contributed by atoms with van der Waals surface area (Å²) in [5.41, 5.74) is 0.257. The molecule has 0 bridgehead atoms. The molecule has 1 amide bonds. The van der Waals surface area contributed by atoms with E-state index in [-0.39, 0.29) is 35.7 Å². The molecule has 1 aliphatic rings. The average molecular weight is 374 g/mol. The van der Waals surface area contributed by atoms with Crippen LogP contribution in [0.4, 0.5) is 4.39 Å². The Balaban J connectivity index is 1.81. The van der Waals surface area contributed by atoms with Gasteiger partial charge in [0.2, 0.25) is 5.82 Å². The fraction of sp³-hybridized carbons (Fsp3) is 0.474. The van der Waals surface area contributed by atoms with Gasteiger partial charge < -0.3 is 10.0 Å². The Hall–Kier alpha value is -2.77. The van der Waals surface area contributed by atoms with E-state index in [2.05, 4.69) is 10.1 Å². The van der Waals surface area contributed by atoms with Gasteiger partial charge in [-0.15, -0.1) is 5.10 Å². The SMILES string of the molecule is CC(C)c1nc(C(=O)N2CCC(CC(=O)O)CC2)nn1-c1ccccc1F. The zero-order valence-electron chi connectivity index (χ0n) is 15.4. The summed E-state index contributed by atoms with van der Waals surface area (Å²) in [5.74, 6) is -0.949. The van der Waals surface area contributed by atoms with Gasteiger partial charge in [0.15, 0.2) is 0 Å². The number of aromatic nitrogens is 3. The fourth-order valence-corrected chi connectivity index (χ4v) is 3.32. The number of carboxylic acids is 1. The van der Waals surface area contributed by atoms with Gasteiger partial charge in [-0.1, -0.05) is 26.0 Å². The minimum atomic E-state index is -0.813. The summed E-state index contributed by atoms with van der Waals surface area (Å²) in [4.78, 5) is 29.7. The van der Waals surface area contributed by atoms with Crippen LogP contribution in [-0.4, -0.2) is 49.7 Å². The largest absolute Gasteiger partial charge is 0.481 e. The molecular formula is C19H23FN4O3. The number of likely N-dealkylation sites (tertiary alicyclic amines) is 1. The van der Waals surface area contributed by atoms with E-state index < -0.39 is 11.8 Å². The summed E-state index contributed by atoms with van der Waals surface area (Å²) in [7, 11) is 0. The van der Waals surface area contributed by atoms with Gasteiger partial charge in [-0.25, -0.2) is 14.1 Å². The summed E-state index contributed by atoms with van der Waals surface area (Å²) >= 11 is 0. The van der Waals surface area contributed by atoms with Crippen LogP contribution in [0.3, 0.4) is 0 Å². The van der Waals surface area contributed by atoms with Crippen molar-refractivity contribution in [1.29, 1.82) is 0 Å². The van der Waals surface area contributed by atoms with Crippen molar-refractivity contribution in [3.05, 3.63) is 41.7 Å². The highest BCUT2D eigenvalue weighted by atomic mass is 19.1. The van der Waals surface area contributed by atoms with E-state index >= 15 is 0 Å². The van der Waals surface area contributed by atoms with Crippen molar-refractivity contribution in [3.8, 4) is 5.69 Å². The lowest BCUT2D eigenvalue weighted by molar-refractivity contribution is -0.138. The van der Waals surface area contributed by atoms with E-state index in [4.69, 9.17) is 5.11 Å². The Kier molecular flexibility index (Phi) is 5.53. The number of carbonyl (C=O) groups excluding carboxylic acids is 1. The highest BCUT2D eigenvalue weighted by Crippen LogP contribution is 2.23. The van der Waals surface area contributed by atoms with Crippen LogP contribution in [0, 0.1) is 11.7 Å². The molecule has 0 unspecified atom stereocenters. The summed E-state index contributed by atoms with van der Waals surface area (Å²) in [6.07, 6.45) is 1.41. The number of hydrogen-bond donors (Lipinski definition) is 1. The third-order valence-corrected chi connectivity index (χ3v) is 4.79. The maximum atomic E-state index is 14.2. The summed E-state index contributed by atoms with van der Waals surface area (Å²) in [5, 5.41) is 13.2. The van der Waals surface area contributed by atoms with Gasteiger partial charge in [0.25, 0.3) is 5.91 Å². The number of rotatable bonds is 5. The van der Waals surface area contributed by atoms with Gasteiger partial charge in [0.1, 0.15) is 17.3 Å². The van der Waals surface area contributed by atoms with Crippen LogP contribution in [0.5, 0.6) is 0 Å². The second kappa shape index (κ2) is 7.85. The van der Waals surface area contributed by atoms with E-state index in [0.29, 0.717) is 31.8 Å². The Bertz CT molecular complexity index is 841. The van der Waals surface area contributed by atoms with Crippen LogP contribution in [0.2, 0.25) is 0 Å². The minimum absolute atomic E-state index is 0.0404. The van der Waals surface area contributed by atoms with Gasteiger partial charge in [-0.05, 0) is 30.9 Å². The topological polar surface area (TPSA) is 88.3 Å². The number of para-hydroxylation sites is 1. The van der Waals surface area contributed by atoms with Crippen LogP contribution in [-0.2, 0) is 4.79 Å². The lowest BCUT2D eigenvalue weighted by atomic mass is 9.93. The molecule has 1 saturated heterocycles. The fourth-order valence-electron chi connectivity index (χ4n) is 3.32. The second-order valence-electron chi connectivity index (χ2n) is 7.14. The van der Waals surface area contributed by atoms with Crippen molar-refractivity contribution < 1.29 is 19.1 Å². The molecule has 8 heteroatoms. The first-order valence-corrected chi connectivity index (χ1v) is 9.09. The van der Waals surface area contributed by atoms with Gasteiger partial charge in [-0.2, -0.15) is 0 Å². The summed E-state index contributed by atoms with van der Waals surface area (Å²) in [6.45, 7) is 4.77. The van der Waals surface area contributed by atoms with Crippen molar-refractivity contribution in [2.45, 2.75) is 39.0 Å². The van der Waals surface area contributed by atoms with Gasteiger partial charge >= 0.3 is 5.97 Å². The first-order valence-electron chi connectivity index (χ1n) is 9.09. The Labute approximate surface area is 156 Å². The van der Waals surface area contributed by atoms with Gasteiger partial charge in [0.05, 0.1) is 0 Å². The van der Waals surface area contributed by atoms with E-state index in [1.54, 1.807) is 23.1 Å². The number of benzene rings is 1. The predicted octanol–water partition coefficient (Wildman–Crippen LogP) is 2.86. The van der Waals surface area contributed by atoms with E-state index in [9.17, 15) is 14.0 Å². The molecule has 144 valence electrons. The number of hydrogen-bond acceptors (Lipinski definition) is 4. The third-order valence-electron chi connectivity index (χ3n) is 4.79. The van der Waals surface area contributed by atoms with Crippen LogP contribution in [0.25, 0.3) is 5.69 Å². The molecule has 1 fully saturated rings. The van der Waals surface area contributed by atoms with E-state index in [1.807, 2.05) is 13.8 Å². The number of aliphatic carboxylic acids is 1. The highest BCUT2D eigenvalue weighted by Gasteiger charge is 2.28. The standard InChI is InChI=1S/C19H23FN4O3/c1-12(2)18-21-17(22-24(18)15-6-4-3-5-14(15)20)19(27)23-9-7-13(8-10-23)11-16(25)26/h3-6,12-13H,7-11H2,1-2H3,(H,25,26). The quantitative estimate of drug-likeness (QED) is 0.869. The maximum absolute atomic E-state index is 14.2. The number of halogens is 1.